The van der Waals surface area contributed by atoms with Crippen molar-refractivity contribution in [2.24, 2.45) is 11.8 Å². The Morgan fingerprint density at radius 3 is 2.73 bits per heavy atom. The van der Waals surface area contributed by atoms with Gasteiger partial charge in [-0.05, 0) is 18.6 Å². The lowest BCUT2D eigenvalue weighted by atomic mass is 10.1. The van der Waals surface area contributed by atoms with Crippen LogP contribution in [0.15, 0.2) is 0 Å². The lowest BCUT2D eigenvalue weighted by Crippen LogP contribution is -2.27. The van der Waals surface area contributed by atoms with Crippen molar-refractivity contribution in [3.05, 3.63) is 0 Å². The zero-order valence-electron chi connectivity index (χ0n) is 7.26. The van der Waals surface area contributed by atoms with Gasteiger partial charge in [-0.2, -0.15) is 11.8 Å². The van der Waals surface area contributed by atoms with Crippen LogP contribution in [-0.2, 0) is 4.79 Å². The molecular formula is C8H15NOS. The molecule has 0 aromatic carbocycles. The molecule has 0 bridgehead atoms. The van der Waals surface area contributed by atoms with E-state index < -0.39 is 0 Å². The van der Waals surface area contributed by atoms with E-state index in [1.165, 1.54) is 6.42 Å². The molecule has 0 saturated heterocycles. The third-order valence-corrected chi connectivity index (χ3v) is 3.53. The first-order valence-corrected chi connectivity index (χ1v) is 5.24. The van der Waals surface area contributed by atoms with Crippen molar-refractivity contribution >= 4 is 17.7 Å². The summed E-state index contributed by atoms with van der Waals surface area (Å²) in [6.45, 7) is 2.01. The van der Waals surface area contributed by atoms with Crippen molar-refractivity contribution in [3.8, 4) is 0 Å². The van der Waals surface area contributed by atoms with E-state index in [4.69, 9.17) is 0 Å². The zero-order valence-corrected chi connectivity index (χ0v) is 8.07. The minimum Gasteiger partial charge on any atom is -0.359 e. The summed E-state index contributed by atoms with van der Waals surface area (Å²) in [6.07, 6.45) is 3.33. The highest BCUT2D eigenvalue weighted by molar-refractivity contribution is 7.99. The Labute approximate surface area is 72.1 Å². The Kier molecular flexibility index (Phi) is 2.82. The van der Waals surface area contributed by atoms with Crippen molar-refractivity contribution < 1.29 is 4.79 Å². The summed E-state index contributed by atoms with van der Waals surface area (Å²) in [6, 6.07) is 0. The molecule has 0 spiro atoms. The first kappa shape index (κ1) is 8.91. The number of rotatable bonds is 3. The zero-order chi connectivity index (χ0) is 8.43. The van der Waals surface area contributed by atoms with Crippen LogP contribution in [-0.4, -0.2) is 24.5 Å². The Bertz CT molecular complexity index is 160. The monoisotopic (exact) mass is 173 g/mol. The molecule has 3 heteroatoms. The second-order valence-electron chi connectivity index (χ2n) is 3.08. The van der Waals surface area contributed by atoms with Crippen molar-refractivity contribution in [2.45, 2.75) is 18.6 Å². The van der Waals surface area contributed by atoms with Gasteiger partial charge in [-0.15, -0.1) is 0 Å². The predicted octanol–water partition coefficient (Wildman–Crippen LogP) is 1.12. The standard InChI is InChI=1S/C8H15NOS/c1-5(8(10)9-2)6-4-7(6)11-3/h5-7H,4H2,1-3H3,(H,9,10). The Morgan fingerprint density at radius 2 is 2.36 bits per heavy atom. The maximum atomic E-state index is 11.1. The Balaban J connectivity index is 2.32. The van der Waals surface area contributed by atoms with Crippen LogP contribution in [0.1, 0.15) is 13.3 Å². The average Bonchev–Trinajstić information content (AvgIpc) is 2.80. The van der Waals surface area contributed by atoms with Gasteiger partial charge in [0.05, 0.1) is 0 Å². The number of amides is 1. The van der Waals surface area contributed by atoms with Gasteiger partial charge in [-0.25, -0.2) is 0 Å². The molecule has 1 saturated carbocycles. The van der Waals surface area contributed by atoms with Crippen LogP contribution in [0.25, 0.3) is 0 Å². The lowest BCUT2D eigenvalue weighted by Gasteiger charge is -2.07. The highest BCUT2D eigenvalue weighted by Crippen LogP contribution is 2.45. The molecule has 1 fully saturated rings. The van der Waals surface area contributed by atoms with Gasteiger partial charge in [0.15, 0.2) is 0 Å². The molecule has 0 radical (unpaired) electrons. The first-order valence-electron chi connectivity index (χ1n) is 3.95. The SMILES string of the molecule is CNC(=O)C(C)C1CC1SC. The van der Waals surface area contributed by atoms with Gasteiger partial charge in [-0.3, -0.25) is 4.79 Å². The highest BCUT2D eigenvalue weighted by atomic mass is 32.2. The Morgan fingerprint density at radius 1 is 1.73 bits per heavy atom. The van der Waals surface area contributed by atoms with E-state index in [2.05, 4.69) is 11.6 Å². The van der Waals surface area contributed by atoms with Gasteiger partial charge >= 0.3 is 0 Å². The fraction of sp³-hybridized carbons (Fsp3) is 0.875. The largest absolute Gasteiger partial charge is 0.359 e. The number of carbonyl (C=O) groups is 1. The molecule has 2 nitrogen and oxygen atoms in total. The molecule has 1 amide bonds. The van der Waals surface area contributed by atoms with E-state index in [1.807, 2.05) is 18.7 Å². The minimum atomic E-state index is 0.187. The molecule has 1 N–H and O–H groups in total. The van der Waals surface area contributed by atoms with E-state index in [1.54, 1.807) is 7.05 Å². The maximum absolute atomic E-state index is 11.1. The first-order chi connectivity index (χ1) is 5.20. The number of carbonyl (C=O) groups excluding carboxylic acids is 1. The average molecular weight is 173 g/mol. The van der Waals surface area contributed by atoms with E-state index in [0.29, 0.717) is 5.92 Å². The Hall–Kier alpha value is -0.180. The molecule has 0 aromatic rings. The second-order valence-corrected chi connectivity index (χ2v) is 4.15. The fourth-order valence-corrected chi connectivity index (χ4v) is 2.41. The fourth-order valence-electron chi connectivity index (χ4n) is 1.41. The van der Waals surface area contributed by atoms with E-state index in [-0.39, 0.29) is 11.8 Å². The van der Waals surface area contributed by atoms with Crippen LogP contribution in [0, 0.1) is 11.8 Å². The van der Waals surface area contributed by atoms with Gasteiger partial charge < -0.3 is 5.32 Å². The van der Waals surface area contributed by atoms with E-state index >= 15 is 0 Å². The molecule has 64 valence electrons. The van der Waals surface area contributed by atoms with Gasteiger partial charge in [0.2, 0.25) is 5.91 Å². The molecule has 1 rings (SSSR count). The van der Waals surface area contributed by atoms with Crippen LogP contribution >= 0.6 is 11.8 Å². The summed E-state index contributed by atoms with van der Waals surface area (Å²) < 4.78 is 0. The number of nitrogens with one attached hydrogen (secondary N) is 1. The van der Waals surface area contributed by atoms with Crippen LogP contribution in [0.5, 0.6) is 0 Å². The molecule has 0 heterocycles. The third-order valence-electron chi connectivity index (χ3n) is 2.38. The smallest absolute Gasteiger partial charge is 0.222 e. The molecule has 1 aliphatic carbocycles. The third kappa shape index (κ3) is 1.89. The second kappa shape index (κ2) is 3.48. The van der Waals surface area contributed by atoms with E-state index in [0.717, 1.165) is 5.25 Å². The molecule has 11 heavy (non-hydrogen) atoms. The predicted molar refractivity (Wildman–Crippen MR) is 48.6 cm³/mol. The van der Waals surface area contributed by atoms with Crippen LogP contribution in [0.4, 0.5) is 0 Å². The van der Waals surface area contributed by atoms with Gasteiger partial charge in [0, 0.05) is 18.2 Å². The number of hydrogen-bond donors (Lipinski definition) is 1. The molecule has 3 atom stereocenters. The molecule has 0 aromatic heterocycles. The van der Waals surface area contributed by atoms with Gasteiger partial charge in [-0.1, -0.05) is 6.92 Å². The summed E-state index contributed by atoms with van der Waals surface area (Å²) in [4.78, 5) is 11.1. The minimum absolute atomic E-state index is 0.187. The lowest BCUT2D eigenvalue weighted by molar-refractivity contribution is -0.124. The topological polar surface area (TPSA) is 29.1 Å². The summed E-state index contributed by atoms with van der Waals surface area (Å²) in [5.74, 6) is 1.02. The van der Waals surface area contributed by atoms with Crippen LogP contribution in [0.2, 0.25) is 0 Å². The van der Waals surface area contributed by atoms with Crippen LogP contribution in [0.3, 0.4) is 0 Å². The van der Waals surface area contributed by atoms with Gasteiger partial charge in [0.25, 0.3) is 0 Å². The number of hydrogen-bond acceptors (Lipinski definition) is 2. The van der Waals surface area contributed by atoms with Gasteiger partial charge in [0.1, 0.15) is 0 Å². The summed E-state index contributed by atoms with van der Waals surface area (Å²) in [5, 5.41) is 3.42. The maximum Gasteiger partial charge on any atom is 0.222 e. The molecule has 3 unspecified atom stereocenters. The van der Waals surface area contributed by atoms with Crippen molar-refractivity contribution in [1.29, 1.82) is 0 Å². The summed E-state index contributed by atoms with van der Waals surface area (Å²) in [5.41, 5.74) is 0. The summed E-state index contributed by atoms with van der Waals surface area (Å²) >= 11 is 1.88. The van der Waals surface area contributed by atoms with E-state index in [9.17, 15) is 4.79 Å². The molecular weight excluding hydrogens is 158 g/mol. The van der Waals surface area contributed by atoms with Crippen LogP contribution < -0.4 is 5.32 Å². The van der Waals surface area contributed by atoms with Crippen molar-refractivity contribution in [1.82, 2.24) is 5.32 Å². The quantitative estimate of drug-likeness (QED) is 0.693. The number of thioether (sulfide) groups is 1. The summed E-state index contributed by atoms with van der Waals surface area (Å²) in [7, 11) is 1.70. The highest BCUT2D eigenvalue weighted by Gasteiger charge is 2.42. The van der Waals surface area contributed by atoms with Crippen molar-refractivity contribution in [2.75, 3.05) is 13.3 Å². The van der Waals surface area contributed by atoms with Crippen molar-refractivity contribution in [3.63, 3.8) is 0 Å². The molecule has 0 aliphatic heterocycles. The molecule has 1 aliphatic rings. The normalized spacial score (nSPS) is 31.2.